The molecule has 0 aromatic heterocycles. The zero-order valence-electron chi connectivity index (χ0n) is 11.0. The molecule has 1 aromatic rings. The van der Waals surface area contributed by atoms with Gasteiger partial charge in [-0.3, -0.25) is 4.79 Å². The van der Waals surface area contributed by atoms with Gasteiger partial charge in [0.25, 0.3) is 0 Å². The minimum Gasteiger partial charge on any atom is -0.506 e. The Bertz CT molecular complexity index is 508. The third kappa shape index (κ3) is 3.71. The number of carboxylic acid groups (broad SMARTS) is 1. The lowest BCUT2D eigenvalue weighted by atomic mass is 10.1. The molecule has 0 aliphatic carbocycles. The van der Waals surface area contributed by atoms with Gasteiger partial charge in [-0.05, 0) is 37.5 Å². The number of carbonyl (C=O) groups excluding carboxylic acids is 1. The largest absolute Gasteiger partial charge is 0.506 e. The highest BCUT2D eigenvalue weighted by molar-refractivity contribution is 5.95. The molecule has 1 heterocycles. The van der Waals surface area contributed by atoms with E-state index in [0.29, 0.717) is 6.42 Å². The summed E-state index contributed by atoms with van der Waals surface area (Å²) in [7, 11) is 0. The Balaban J connectivity index is 1.92. The Morgan fingerprint density at radius 1 is 1.40 bits per heavy atom. The van der Waals surface area contributed by atoms with E-state index in [2.05, 4.69) is 5.32 Å². The van der Waals surface area contributed by atoms with Crippen molar-refractivity contribution < 1.29 is 24.5 Å². The molecule has 0 spiro atoms. The summed E-state index contributed by atoms with van der Waals surface area (Å²) in [5.41, 5.74) is 0.125. The van der Waals surface area contributed by atoms with Crippen LogP contribution in [-0.2, 0) is 9.53 Å². The number of hydrogen-bond donors (Lipinski definition) is 3. The normalized spacial score (nSPS) is 17.9. The summed E-state index contributed by atoms with van der Waals surface area (Å²) < 4.78 is 5.42. The molecule has 1 amide bonds. The molecule has 108 valence electrons. The predicted octanol–water partition coefficient (Wildman–Crippen LogP) is 1.99. The van der Waals surface area contributed by atoms with Crippen molar-refractivity contribution in [1.29, 1.82) is 0 Å². The highest BCUT2D eigenvalue weighted by atomic mass is 16.5. The van der Waals surface area contributed by atoms with Gasteiger partial charge in [0.1, 0.15) is 5.75 Å². The molecule has 0 bridgehead atoms. The van der Waals surface area contributed by atoms with Crippen LogP contribution in [0, 0.1) is 0 Å². The average Bonchev–Trinajstić information content (AvgIpc) is 2.92. The molecule has 1 aromatic carbocycles. The molecule has 6 heteroatoms. The maximum absolute atomic E-state index is 11.8. The summed E-state index contributed by atoms with van der Waals surface area (Å²) >= 11 is 0. The second kappa shape index (κ2) is 6.38. The maximum Gasteiger partial charge on any atom is 0.335 e. The van der Waals surface area contributed by atoms with Gasteiger partial charge in [0.2, 0.25) is 5.91 Å². The molecule has 1 unspecified atom stereocenters. The van der Waals surface area contributed by atoms with Crippen molar-refractivity contribution in [3.05, 3.63) is 23.8 Å². The first-order valence-corrected chi connectivity index (χ1v) is 6.54. The van der Waals surface area contributed by atoms with Gasteiger partial charge in [-0.1, -0.05) is 0 Å². The number of aromatic carboxylic acids is 1. The van der Waals surface area contributed by atoms with E-state index in [-0.39, 0.29) is 35.4 Å². The minimum absolute atomic E-state index is 0.0113. The van der Waals surface area contributed by atoms with Crippen molar-refractivity contribution in [3.63, 3.8) is 0 Å². The number of aromatic hydroxyl groups is 1. The van der Waals surface area contributed by atoms with Crippen LogP contribution in [0.5, 0.6) is 5.75 Å². The number of hydrogen-bond acceptors (Lipinski definition) is 4. The lowest BCUT2D eigenvalue weighted by Gasteiger charge is -2.10. The highest BCUT2D eigenvalue weighted by Gasteiger charge is 2.17. The standard InChI is InChI=1S/C14H17NO5/c16-12-5-3-9(14(18)19)8-11(12)15-13(17)6-4-10-2-1-7-20-10/h3,5,8,10,16H,1-2,4,6-7H2,(H,15,17)(H,18,19). The van der Waals surface area contributed by atoms with Gasteiger partial charge in [0, 0.05) is 13.0 Å². The number of rotatable bonds is 5. The van der Waals surface area contributed by atoms with Crippen LogP contribution in [0.25, 0.3) is 0 Å². The van der Waals surface area contributed by atoms with Crippen LogP contribution in [0.4, 0.5) is 5.69 Å². The molecule has 3 N–H and O–H groups in total. The summed E-state index contributed by atoms with van der Waals surface area (Å²) in [5, 5.41) is 21.0. The van der Waals surface area contributed by atoms with Crippen molar-refractivity contribution in [2.75, 3.05) is 11.9 Å². The topological polar surface area (TPSA) is 95.9 Å². The second-order valence-electron chi connectivity index (χ2n) is 4.76. The van der Waals surface area contributed by atoms with Gasteiger partial charge in [-0.25, -0.2) is 4.79 Å². The molecule has 20 heavy (non-hydrogen) atoms. The summed E-state index contributed by atoms with van der Waals surface area (Å²) in [5.74, 6) is -1.53. The number of benzene rings is 1. The van der Waals surface area contributed by atoms with E-state index in [4.69, 9.17) is 9.84 Å². The lowest BCUT2D eigenvalue weighted by molar-refractivity contribution is -0.116. The van der Waals surface area contributed by atoms with Gasteiger partial charge in [-0.15, -0.1) is 0 Å². The zero-order chi connectivity index (χ0) is 14.5. The molecule has 1 aliphatic heterocycles. The third-order valence-electron chi connectivity index (χ3n) is 3.23. The number of nitrogens with one attached hydrogen (secondary N) is 1. The van der Waals surface area contributed by atoms with Crippen LogP contribution in [-0.4, -0.2) is 34.8 Å². The Morgan fingerprint density at radius 3 is 2.85 bits per heavy atom. The molecule has 1 saturated heterocycles. The SMILES string of the molecule is O=C(CCC1CCCO1)Nc1cc(C(=O)O)ccc1O. The van der Waals surface area contributed by atoms with Crippen LogP contribution in [0.3, 0.4) is 0 Å². The zero-order valence-corrected chi connectivity index (χ0v) is 11.0. The maximum atomic E-state index is 11.8. The molecular weight excluding hydrogens is 262 g/mol. The van der Waals surface area contributed by atoms with E-state index in [1.54, 1.807) is 0 Å². The van der Waals surface area contributed by atoms with Crippen molar-refractivity contribution in [3.8, 4) is 5.75 Å². The van der Waals surface area contributed by atoms with Crippen LogP contribution < -0.4 is 5.32 Å². The number of carbonyl (C=O) groups is 2. The number of phenols is 1. The predicted molar refractivity (Wildman–Crippen MR) is 71.9 cm³/mol. The van der Waals surface area contributed by atoms with E-state index >= 15 is 0 Å². The van der Waals surface area contributed by atoms with Crippen molar-refractivity contribution >= 4 is 17.6 Å². The highest BCUT2D eigenvalue weighted by Crippen LogP contribution is 2.25. The van der Waals surface area contributed by atoms with Crippen molar-refractivity contribution in [1.82, 2.24) is 0 Å². The van der Waals surface area contributed by atoms with Gasteiger partial charge < -0.3 is 20.3 Å². The van der Waals surface area contributed by atoms with Gasteiger partial charge in [0.05, 0.1) is 17.4 Å². The molecule has 1 fully saturated rings. The van der Waals surface area contributed by atoms with E-state index in [1.165, 1.54) is 18.2 Å². The molecule has 0 saturated carbocycles. The smallest absolute Gasteiger partial charge is 0.335 e. The van der Waals surface area contributed by atoms with Crippen molar-refractivity contribution in [2.45, 2.75) is 31.8 Å². The number of carboxylic acids is 1. The first-order valence-electron chi connectivity index (χ1n) is 6.54. The van der Waals surface area contributed by atoms with Crippen molar-refractivity contribution in [2.24, 2.45) is 0 Å². The van der Waals surface area contributed by atoms with Gasteiger partial charge in [-0.2, -0.15) is 0 Å². The van der Waals surface area contributed by atoms with Crippen LogP contribution in [0.2, 0.25) is 0 Å². The van der Waals surface area contributed by atoms with Crippen LogP contribution >= 0.6 is 0 Å². The third-order valence-corrected chi connectivity index (χ3v) is 3.23. The first kappa shape index (κ1) is 14.3. The quantitative estimate of drug-likeness (QED) is 0.716. The number of anilines is 1. The molecule has 6 nitrogen and oxygen atoms in total. The summed E-state index contributed by atoms with van der Waals surface area (Å²) in [6.45, 7) is 0.744. The second-order valence-corrected chi connectivity index (χ2v) is 4.76. The molecular formula is C14H17NO5. The summed E-state index contributed by atoms with van der Waals surface area (Å²) in [6, 6.07) is 3.76. The fourth-order valence-electron chi connectivity index (χ4n) is 2.15. The average molecular weight is 279 g/mol. The Kier molecular flexibility index (Phi) is 4.57. The van der Waals surface area contributed by atoms with E-state index in [0.717, 1.165) is 19.4 Å². The van der Waals surface area contributed by atoms with Crippen LogP contribution in [0.15, 0.2) is 18.2 Å². The van der Waals surface area contributed by atoms with Gasteiger partial charge >= 0.3 is 5.97 Å². The molecule has 1 atom stereocenters. The number of amides is 1. The summed E-state index contributed by atoms with van der Waals surface area (Å²) in [4.78, 5) is 22.6. The summed E-state index contributed by atoms with van der Waals surface area (Å²) in [6.07, 6.45) is 3.02. The van der Waals surface area contributed by atoms with Crippen LogP contribution in [0.1, 0.15) is 36.0 Å². The van der Waals surface area contributed by atoms with E-state index in [1.807, 2.05) is 0 Å². The monoisotopic (exact) mass is 279 g/mol. The number of ether oxygens (including phenoxy) is 1. The molecule has 1 aliphatic rings. The first-order chi connectivity index (χ1) is 9.56. The number of phenolic OH excluding ortho intramolecular Hbond substituents is 1. The molecule has 0 radical (unpaired) electrons. The fourth-order valence-corrected chi connectivity index (χ4v) is 2.15. The van der Waals surface area contributed by atoms with Gasteiger partial charge in [0.15, 0.2) is 0 Å². The Labute approximate surface area is 116 Å². The Hall–Kier alpha value is -2.08. The fraction of sp³-hybridized carbons (Fsp3) is 0.429. The molecule has 2 rings (SSSR count). The Morgan fingerprint density at radius 2 is 2.20 bits per heavy atom. The van der Waals surface area contributed by atoms with E-state index in [9.17, 15) is 14.7 Å². The minimum atomic E-state index is -1.11. The van der Waals surface area contributed by atoms with E-state index < -0.39 is 5.97 Å². The lowest BCUT2D eigenvalue weighted by Crippen LogP contribution is -2.15.